The third kappa shape index (κ3) is 4.12. The van der Waals surface area contributed by atoms with Crippen molar-refractivity contribution >= 4 is 67.2 Å². The van der Waals surface area contributed by atoms with Crippen molar-refractivity contribution in [3.05, 3.63) is 58.1 Å². The number of rotatable bonds is 4. The Morgan fingerprint density at radius 3 is 2.57 bits per heavy atom. The maximum absolute atomic E-state index is 6.15. The van der Waals surface area contributed by atoms with Gasteiger partial charge in [0.15, 0.2) is 10.2 Å². The molecule has 3 aromatic rings. The molecular weight excluding hydrogens is 369 g/mol. The van der Waals surface area contributed by atoms with Crippen LogP contribution in [0.2, 0.25) is 10.0 Å². The van der Waals surface area contributed by atoms with Crippen LogP contribution in [0.25, 0.3) is 10.2 Å². The van der Waals surface area contributed by atoms with Crippen LogP contribution in [0.3, 0.4) is 0 Å². The van der Waals surface area contributed by atoms with Crippen LogP contribution in [0, 0.1) is 0 Å². The standard InChI is InChI=1S/C16H13Cl2N3S2/c17-11-4-3-5-12(18)10(11)8-9-19-15(22)21-16-20-13-6-1-2-7-14(13)23-16/h1-7H,8-9H2,(H2,19,20,21,22). The van der Waals surface area contributed by atoms with Crippen LogP contribution >= 0.6 is 46.8 Å². The summed E-state index contributed by atoms with van der Waals surface area (Å²) >= 11 is 19.2. The maximum atomic E-state index is 6.15. The first-order valence-corrected chi connectivity index (χ1v) is 8.95. The van der Waals surface area contributed by atoms with Crippen molar-refractivity contribution in [1.82, 2.24) is 10.3 Å². The number of thiocarbonyl (C=S) groups is 1. The number of nitrogens with zero attached hydrogens (tertiary/aromatic N) is 1. The molecule has 2 N–H and O–H groups in total. The summed E-state index contributed by atoms with van der Waals surface area (Å²) in [5.74, 6) is 0. The molecule has 3 nitrogen and oxygen atoms in total. The van der Waals surface area contributed by atoms with Crippen LogP contribution in [0.1, 0.15) is 5.56 Å². The highest BCUT2D eigenvalue weighted by atomic mass is 35.5. The van der Waals surface area contributed by atoms with Gasteiger partial charge in [0.1, 0.15) is 0 Å². The third-order valence-electron chi connectivity index (χ3n) is 3.24. The molecule has 0 fully saturated rings. The van der Waals surface area contributed by atoms with E-state index in [1.807, 2.05) is 42.5 Å². The minimum absolute atomic E-state index is 0.534. The topological polar surface area (TPSA) is 37.0 Å². The Kier molecular flexibility index (Phi) is 5.33. The molecule has 7 heteroatoms. The number of benzene rings is 2. The quantitative estimate of drug-likeness (QED) is 0.614. The number of hydrogen-bond donors (Lipinski definition) is 2. The Balaban J connectivity index is 1.55. The van der Waals surface area contributed by atoms with Crippen molar-refractivity contribution < 1.29 is 0 Å². The van der Waals surface area contributed by atoms with E-state index in [0.29, 0.717) is 28.1 Å². The highest BCUT2D eigenvalue weighted by Gasteiger charge is 2.07. The van der Waals surface area contributed by atoms with Gasteiger partial charge in [0.2, 0.25) is 0 Å². The van der Waals surface area contributed by atoms with Gasteiger partial charge in [-0.05, 0) is 48.5 Å². The molecule has 0 unspecified atom stereocenters. The number of nitrogens with one attached hydrogen (secondary N) is 2. The maximum Gasteiger partial charge on any atom is 0.190 e. The van der Waals surface area contributed by atoms with E-state index in [1.165, 1.54) is 0 Å². The lowest BCUT2D eigenvalue weighted by Gasteiger charge is -2.10. The number of halogens is 2. The summed E-state index contributed by atoms with van der Waals surface area (Å²) in [6.07, 6.45) is 0.695. The smallest absolute Gasteiger partial charge is 0.190 e. The van der Waals surface area contributed by atoms with Crippen molar-refractivity contribution in [2.45, 2.75) is 6.42 Å². The minimum atomic E-state index is 0.534. The molecule has 0 aliphatic carbocycles. The van der Waals surface area contributed by atoms with Crippen molar-refractivity contribution in [3.8, 4) is 0 Å². The second-order valence-electron chi connectivity index (χ2n) is 4.82. The van der Waals surface area contributed by atoms with Gasteiger partial charge >= 0.3 is 0 Å². The van der Waals surface area contributed by atoms with E-state index in [1.54, 1.807) is 11.3 Å². The first kappa shape index (κ1) is 16.5. The van der Waals surface area contributed by atoms with E-state index in [0.717, 1.165) is 20.9 Å². The fraction of sp³-hybridized carbons (Fsp3) is 0.125. The monoisotopic (exact) mass is 381 g/mol. The van der Waals surface area contributed by atoms with E-state index in [-0.39, 0.29) is 0 Å². The van der Waals surface area contributed by atoms with Gasteiger partial charge in [-0.2, -0.15) is 0 Å². The Hall–Kier alpha value is -1.40. The largest absolute Gasteiger partial charge is 0.362 e. The van der Waals surface area contributed by atoms with Gasteiger partial charge in [0, 0.05) is 16.6 Å². The normalized spacial score (nSPS) is 10.7. The lowest BCUT2D eigenvalue weighted by atomic mass is 10.1. The van der Waals surface area contributed by atoms with E-state index in [4.69, 9.17) is 35.4 Å². The summed E-state index contributed by atoms with van der Waals surface area (Å²) in [7, 11) is 0. The van der Waals surface area contributed by atoms with Crippen molar-refractivity contribution in [1.29, 1.82) is 0 Å². The number of anilines is 1. The molecule has 3 rings (SSSR count). The first-order chi connectivity index (χ1) is 11.1. The molecule has 118 valence electrons. The first-order valence-electron chi connectivity index (χ1n) is 6.97. The molecular formula is C16H13Cl2N3S2. The second kappa shape index (κ2) is 7.45. The Morgan fingerprint density at radius 2 is 1.83 bits per heavy atom. The zero-order valence-electron chi connectivity index (χ0n) is 12.0. The van der Waals surface area contributed by atoms with Gasteiger partial charge in [-0.3, -0.25) is 0 Å². The molecule has 0 aliphatic heterocycles. The van der Waals surface area contributed by atoms with Gasteiger partial charge in [-0.25, -0.2) is 4.98 Å². The molecule has 0 radical (unpaired) electrons. The highest BCUT2D eigenvalue weighted by Crippen LogP contribution is 2.26. The summed E-state index contributed by atoms with van der Waals surface area (Å²) in [6, 6.07) is 13.5. The average Bonchev–Trinajstić information content (AvgIpc) is 2.92. The van der Waals surface area contributed by atoms with Crippen LogP contribution in [0.5, 0.6) is 0 Å². The number of hydrogen-bond acceptors (Lipinski definition) is 3. The highest BCUT2D eigenvalue weighted by molar-refractivity contribution is 7.80. The Bertz CT molecular complexity index is 795. The number of aromatic nitrogens is 1. The van der Waals surface area contributed by atoms with Gasteiger partial charge < -0.3 is 10.6 Å². The van der Waals surface area contributed by atoms with Crippen LogP contribution < -0.4 is 10.6 Å². The SMILES string of the molecule is S=C(NCCc1c(Cl)cccc1Cl)Nc1nc2ccccc2s1. The van der Waals surface area contributed by atoms with E-state index in [9.17, 15) is 0 Å². The Labute approximate surface area is 153 Å². The summed E-state index contributed by atoms with van der Waals surface area (Å²) in [5, 5.41) is 8.91. The predicted molar refractivity (Wildman–Crippen MR) is 104 cm³/mol. The van der Waals surface area contributed by atoms with Crippen LogP contribution in [-0.2, 0) is 6.42 Å². The number of thiazole rings is 1. The van der Waals surface area contributed by atoms with Crippen LogP contribution in [-0.4, -0.2) is 16.6 Å². The molecule has 0 bridgehead atoms. The van der Waals surface area contributed by atoms with Crippen molar-refractivity contribution in [2.75, 3.05) is 11.9 Å². The zero-order chi connectivity index (χ0) is 16.2. The molecule has 2 aromatic carbocycles. The molecule has 0 amide bonds. The van der Waals surface area contributed by atoms with Crippen molar-refractivity contribution in [2.24, 2.45) is 0 Å². The number of para-hydroxylation sites is 1. The van der Waals surface area contributed by atoms with E-state index >= 15 is 0 Å². The summed E-state index contributed by atoms with van der Waals surface area (Å²) in [6.45, 7) is 0.639. The van der Waals surface area contributed by atoms with Crippen molar-refractivity contribution in [3.63, 3.8) is 0 Å². The molecule has 0 saturated heterocycles. The minimum Gasteiger partial charge on any atom is -0.362 e. The number of fused-ring (bicyclic) bond motifs is 1. The fourth-order valence-corrected chi connectivity index (χ4v) is 3.86. The summed E-state index contributed by atoms with van der Waals surface area (Å²) in [5.41, 5.74) is 1.89. The second-order valence-corrected chi connectivity index (χ2v) is 7.07. The molecule has 1 heterocycles. The van der Waals surface area contributed by atoms with Gasteiger partial charge in [0.05, 0.1) is 10.2 Å². The molecule has 0 atom stereocenters. The molecule has 1 aromatic heterocycles. The van der Waals surface area contributed by atoms with Crippen LogP contribution in [0.15, 0.2) is 42.5 Å². The van der Waals surface area contributed by atoms with Gasteiger partial charge in [-0.15, -0.1) is 0 Å². The fourth-order valence-electron chi connectivity index (χ4n) is 2.14. The molecule has 0 saturated carbocycles. The van der Waals surface area contributed by atoms with Crippen LogP contribution in [0.4, 0.5) is 5.13 Å². The summed E-state index contributed by atoms with van der Waals surface area (Å²) in [4.78, 5) is 4.48. The van der Waals surface area contributed by atoms with Gasteiger partial charge in [-0.1, -0.05) is 52.7 Å². The average molecular weight is 382 g/mol. The van der Waals surface area contributed by atoms with Gasteiger partial charge in [0.25, 0.3) is 0 Å². The third-order valence-corrected chi connectivity index (χ3v) is 5.14. The Morgan fingerprint density at radius 1 is 1.09 bits per heavy atom. The summed E-state index contributed by atoms with van der Waals surface area (Å²) < 4.78 is 1.13. The zero-order valence-corrected chi connectivity index (χ0v) is 15.1. The molecule has 23 heavy (non-hydrogen) atoms. The lowest BCUT2D eigenvalue weighted by molar-refractivity contribution is 0.873. The van der Waals surface area contributed by atoms with E-state index < -0.39 is 0 Å². The molecule has 0 spiro atoms. The van der Waals surface area contributed by atoms with E-state index in [2.05, 4.69) is 15.6 Å². The molecule has 0 aliphatic rings. The lowest BCUT2D eigenvalue weighted by Crippen LogP contribution is -2.30. The predicted octanol–water partition coefficient (Wildman–Crippen LogP) is 5.13.